The number of rotatable bonds is 3. The van der Waals surface area contributed by atoms with E-state index in [1.165, 1.54) is 0 Å². The van der Waals surface area contributed by atoms with Crippen LogP contribution in [0, 0.1) is 4.78 Å². The summed E-state index contributed by atoms with van der Waals surface area (Å²) in [5.41, 5.74) is 0.659. The van der Waals surface area contributed by atoms with E-state index in [4.69, 9.17) is 4.78 Å². The number of anilines is 1. The second-order valence-electron chi connectivity index (χ2n) is 4.60. The first-order chi connectivity index (χ1) is 8.75. The van der Waals surface area contributed by atoms with Gasteiger partial charge in [-0.05, 0) is 34.1 Å². The zero-order valence-corrected chi connectivity index (χ0v) is 12.9. The van der Waals surface area contributed by atoms with E-state index < -0.39 is 15.7 Å². The second-order valence-corrected chi connectivity index (χ2v) is 7.86. The smallest absolute Gasteiger partial charge is 0.266 e. The summed E-state index contributed by atoms with van der Waals surface area (Å²) in [6.45, 7) is 1.70. The van der Waals surface area contributed by atoms with E-state index in [9.17, 15) is 13.0 Å². The minimum Gasteiger partial charge on any atom is -0.364 e. The summed E-state index contributed by atoms with van der Waals surface area (Å²) in [5.74, 6) is -2.41. The average Bonchev–Trinajstić information content (AvgIpc) is 2.69. The monoisotopic (exact) mass is 352 g/mol. The van der Waals surface area contributed by atoms with Crippen molar-refractivity contribution in [2.24, 2.45) is 0 Å². The molecule has 0 aromatic heterocycles. The average molecular weight is 353 g/mol. The fourth-order valence-corrected chi connectivity index (χ4v) is 3.77. The maximum atomic E-state index is 13.2. The standard InChI is InChI=1S/C12H15BrF2N2OS/c1-2-19(16,18)9-3-4-11(10(13)7-9)17-6-5-12(14,15)8-17/h3-4,7,16H,2,5-6,8H2,1H3. The largest absolute Gasteiger partial charge is 0.364 e. The lowest BCUT2D eigenvalue weighted by Crippen LogP contribution is -2.25. The Morgan fingerprint density at radius 3 is 2.68 bits per heavy atom. The number of nitrogens with zero attached hydrogens (tertiary/aromatic N) is 1. The summed E-state index contributed by atoms with van der Waals surface area (Å²) in [7, 11) is -2.78. The number of alkyl halides is 2. The highest BCUT2D eigenvalue weighted by atomic mass is 79.9. The molecule has 2 rings (SSSR count). The Hall–Kier alpha value is -0.690. The van der Waals surface area contributed by atoms with Crippen LogP contribution in [0.25, 0.3) is 0 Å². The van der Waals surface area contributed by atoms with Gasteiger partial charge >= 0.3 is 0 Å². The topological polar surface area (TPSA) is 44.2 Å². The molecular formula is C12H15BrF2N2OS. The lowest BCUT2D eigenvalue weighted by atomic mass is 10.3. The van der Waals surface area contributed by atoms with Gasteiger partial charge in [-0.3, -0.25) is 0 Å². The van der Waals surface area contributed by atoms with E-state index in [-0.39, 0.29) is 18.7 Å². The van der Waals surface area contributed by atoms with Crippen molar-refractivity contribution in [3.05, 3.63) is 22.7 Å². The van der Waals surface area contributed by atoms with Gasteiger partial charge in [-0.1, -0.05) is 6.92 Å². The van der Waals surface area contributed by atoms with Gasteiger partial charge in [0.25, 0.3) is 5.92 Å². The van der Waals surface area contributed by atoms with Gasteiger partial charge in [0.2, 0.25) is 0 Å². The lowest BCUT2D eigenvalue weighted by Gasteiger charge is -2.20. The van der Waals surface area contributed by atoms with Crippen molar-refractivity contribution in [2.45, 2.75) is 24.2 Å². The zero-order valence-electron chi connectivity index (χ0n) is 10.5. The minimum atomic E-state index is -2.78. The molecule has 1 atom stereocenters. The molecule has 1 aromatic carbocycles. The molecule has 19 heavy (non-hydrogen) atoms. The quantitative estimate of drug-likeness (QED) is 0.900. The Kier molecular flexibility index (Phi) is 3.88. The molecule has 0 bridgehead atoms. The summed E-state index contributed by atoms with van der Waals surface area (Å²) < 4.78 is 46.7. The van der Waals surface area contributed by atoms with Crippen LogP contribution in [0.5, 0.6) is 0 Å². The number of hydrogen-bond acceptors (Lipinski definition) is 3. The molecule has 0 spiro atoms. The molecule has 3 nitrogen and oxygen atoms in total. The number of hydrogen-bond donors (Lipinski definition) is 1. The Bertz CT molecular complexity index is 589. The van der Waals surface area contributed by atoms with Gasteiger partial charge in [0.15, 0.2) is 0 Å². The van der Waals surface area contributed by atoms with Crippen molar-refractivity contribution in [3.8, 4) is 0 Å². The lowest BCUT2D eigenvalue weighted by molar-refractivity contribution is 0.0257. The summed E-state index contributed by atoms with van der Waals surface area (Å²) in [5, 5.41) is 0. The molecule has 1 saturated heterocycles. The van der Waals surface area contributed by atoms with Crippen LogP contribution in [0.15, 0.2) is 27.6 Å². The SMILES string of the molecule is CCS(=N)(=O)c1ccc(N2CCC(F)(F)C2)c(Br)c1. The third kappa shape index (κ3) is 3.08. The molecule has 1 N–H and O–H groups in total. The van der Waals surface area contributed by atoms with Crippen molar-refractivity contribution < 1.29 is 13.0 Å². The Labute approximate surface area is 120 Å². The van der Waals surface area contributed by atoms with Gasteiger partial charge in [-0.15, -0.1) is 0 Å². The van der Waals surface area contributed by atoms with Crippen LogP contribution < -0.4 is 4.90 Å². The molecule has 0 radical (unpaired) electrons. The molecule has 0 saturated carbocycles. The molecule has 0 aliphatic carbocycles. The maximum absolute atomic E-state index is 13.2. The zero-order chi connectivity index (χ0) is 14.3. The summed E-state index contributed by atoms with van der Waals surface area (Å²) in [6.07, 6.45) is -0.147. The van der Waals surface area contributed by atoms with Crippen molar-refractivity contribution >= 4 is 31.3 Å². The summed E-state index contributed by atoms with van der Waals surface area (Å²) >= 11 is 3.32. The van der Waals surface area contributed by atoms with E-state index >= 15 is 0 Å². The first kappa shape index (κ1) is 14.7. The third-order valence-corrected chi connectivity index (χ3v) is 5.68. The molecule has 7 heteroatoms. The van der Waals surface area contributed by atoms with Crippen LogP contribution in [0.1, 0.15) is 13.3 Å². The number of nitrogens with one attached hydrogen (secondary N) is 1. The van der Waals surface area contributed by atoms with Crippen molar-refractivity contribution in [1.29, 1.82) is 4.78 Å². The fraction of sp³-hybridized carbons (Fsp3) is 0.500. The fourth-order valence-electron chi connectivity index (χ4n) is 2.06. The predicted molar refractivity (Wildman–Crippen MR) is 75.6 cm³/mol. The van der Waals surface area contributed by atoms with Crippen molar-refractivity contribution in [1.82, 2.24) is 0 Å². The van der Waals surface area contributed by atoms with Crippen LogP contribution >= 0.6 is 15.9 Å². The molecule has 1 heterocycles. The van der Waals surface area contributed by atoms with Gasteiger partial charge in [-0.2, -0.15) is 0 Å². The molecular weight excluding hydrogens is 338 g/mol. The van der Waals surface area contributed by atoms with Crippen molar-refractivity contribution in [2.75, 3.05) is 23.7 Å². The van der Waals surface area contributed by atoms with Crippen molar-refractivity contribution in [3.63, 3.8) is 0 Å². The van der Waals surface area contributed by atoms with Gasteiger partial charge in [0.05, 0.1) is 22.0 Å². The van der Waals surface area contributed by atoms with Gasteiger partial charge in [0, 0.05) is 28.1 Å². The normalized spacial score (nSPS) is 21.4. The van der Waals surface area contributed by atoms with Gasteiger partial charge in [0.1, 0.15) is 0 Å². The van der Waals surface area contributed by atoms with E-state index in [1.807, 2.05) is 0 Å². The molecule has 106 valence electrons. The van der Waals surface area contributed by atoms with Crippen LogP contribution in [-0.4, -0.2) is 29.0 Å². The van der Waals surface area contributed by atoms with Crippen LogP contribution in [0.4, 0.5) is 14.5 Å². The highest BCUT2D eigenvalue weighted by Gasteiger charge is 2.38. The molecule has 1 aliphatic rings. The third-order valence-electron chi connectivity index (χ3n) is 3.22. The number of halogens is 3. The maximum Gasteiger partial charge on any atom is 0.266 e. The first-order valence-corrected chi connectivity index (χ1v) is 8.46. The van der Waals surface area contributed by atoms with Crippen LogP contribution in [0.2, 0.25) is 0 Å². The summed E-state index contributed by atoms with van der Waals surface area (Å²) in [6, 6.07) is 4.85. The van der Waals surface area contributed by atoms with E-state index in [1.54, 1.807) is 30.0 Å². The van der Waals surface area contributed by atoms with Crippen LogP contribution in [0.3, 0.4) is 0 Å². The van der Waals surface area contributed by atoms with E-state index in [0.717, 1.165) is 0 Å². The highest BCUT2D eigenvalue weighted by molar-refractivity contribution is 9.10. The molecule has 1 fully saturated rings. The Morgan fingerprint density at radius 2 is 2.21 bits per heavy atom. The molecule has 1 aliphatic heterocycles. The van der Waals surface area contributed by atoms with Gasteiger partial charge < -0.3 is 4.90 Å². The van der Waals surface area contributed by atoms with E-state index in [2.05, 4.69) is 15.9 Å². The molecule has 0 amide bonds. The summed E-state index contributed by atoms with van der Waals surface area (Å²) in [4.78, 5) is 2.03. The number of benzene rings is 1. The predicted octanol–water partition coefficient (Wildman–Crippen LogP) is 3.72. The van der Waals surface area contributed by atoms with Crippen LogP contribution in [-0.2, 0) is 9.73 Å². The molecule has 1 unspecified atom stereocenters. The van der Waals surface area contributed by atoms with Gasteiger partial charge in [-0.25, -0.2) is 17.8 Å². The minimum absolute atomic E-state index is 0.147. The highest BCUT2D eigenvalue weighted by Crippen LogP contribution is 2.35. The first-order valence-electron chi connectivity index (χ1n) is 5.94. The van der Waals surface area contributed by atoms with E-state index in [0.29, 0.717) is 21.6 Å². The Balaban J connectivity index is 2.31. The second kappa shape index (κ2) is 5.01. The Morgan fingerprint density at radius 1 is 1.53 bits per heavy atom. The molecule has 1 aromatic rings.